The number of aromatic nitrogens is 2. The molecule has 0 saturated heterocycles. The Hall–Kier alpha value is -1.79. The summed E-state index contributed by atoms with van der Waals surface area (Å²) in [6.45, 7) is 2.32. The van der Waals surface area contributed by atoms with Crippen molar-refractivity contribution in [1.29, 1.82) is 0 Å². The molecule has 1 rings (SSSR count). The fourth-order valence-corrected chi connectivity index (χ4v) is 0.917. The molecule has 0 saturated carbocycles. The van der Waals surface area contributed by atoms with Crippen LogP contribution in [0.1, 0.15) is 13.3 Å². The summed E-state index contributed by atoms with van der Waals surface area (Å²) in [6, 6.07) is 0. The molecular formula is C8H13N3O4. The summed E-state index contributed by atoms with van der Waals surface area (Å²) in [7, 11) is 1.60. The van der Waals surface area contributed by atoms with E-state index >= 15 is 0 Å². The van der Waals surface area contributed by atoms with E-state index in [4.69, 9.17) is 4.74 Å². The number of esters is 1. The number of carbonyl (C=O) groups is 1. The van der Waals surface area contributed by atoms with Gasteiger partial charge in [0.05, 0.1) is 6.61 Å². The number of aromatic amines is 1. The number of hydrogen-bond donors (Lipinski definition) is 1. The van der Waals surface area contributed by atoms with Gasteiger partial charge in [-0.25, -0.2) is 4.79 Å². The van der Waals surface area contributed by atoms with Crippen molar-refractivity contribution in [3.63, 3.8) is 0 Å². The van der Waals surface area contributed by atoms with Gasteiger partial charge in [-0.2, -0.15) is 0 Å². The number of nitrogens with zero attached hydrogens (tertiary/aromatic N) is 2. The third-order valence-electron chi connectivity index (χ3n) is 1.62. The van der Waals surface area contributed by atoms with Crippen molar-refractivity contribution in [2.75, 3.05) is 25.1 Å². The average Bonchev–Trinajstić information content (AvgIpc) is 2.61. The Balaban J connectivity index is 2.45. The maximum Gasteiger partial charge on any atom is 0.440 e. The number of H-pyrrole nitrogens is 1. The van der Waals surface area contributed by atoms with Crippen LogP contribution in [0.3, 0.4) is 0 Å². The lowest BCUT2D eigenvalue weighted by atomic mass is 10.5. The lowest BCUT2D eigenvalue weighted by Crippen LogP contribution is -2.28. The Morgan fingerprint density at radius 3 is 2.93 bits per heavy atom. The van der Waals surface area contributed by atoms with Crippen molar-refractivity contribution in [3.05, 3.63) is 10.6 Å². The number of carbonyl (C=O) groups excluding carboxylic acids is 1. The molecule has 0 aliphatic heterocycles. The van der Waals surface area contributed by atoms with Crippen LogP contribution in [0.25, 0.3) is 0 Å². The van der Waals surface area contributed by atoms with E-state index in [-0.39, 0.29) is 18.5 Å². The van der Waals surface area contributed by atoms with Gasteiger partial charge >= 0.3 is 11.7 Å². The molecule has 0 aromatic carbocycles. The molecule has 0 radical (unpaired) electrons. The zero-order valence-corrected chi connectivity index (χ0v) is 8.65. The molecule has 0 amide bonds. The molecule has 1 aromatic heterocycles. The predicted octanol–water partition coefficient (Wildman–Crippen LogP) is -0.248. The van der Waals surface area contributed by atoms with Gasteiger partial charge in [0.1, 0.15) is 6.54 Å². The molecular weight excluding hydrogens is 202 g/mol. The highest BCUT2D eigenvalue weighted by atomic mass is 16.5. The van der Waals surface area contributed by atoms with Crippen LogP contribution in [0.2, 0.25) is 0 Å². The van der Waals surface area contributed by atoms with Crippen molar-refractivity contribution in [2.24, 2.45) is 0 Å². The molecule has 0 unspecified atom stereocenters. The first-order chi connectivity index (χ1) is 7.13. The number of likely N-dealkylation sites (N-methyl/N-ethyl adjacent to an activating group) is 1. The quantitative estimate of drug-likeness (QED) is 0.681. The number of hydrogen-bond acceptors (Lipinski definition) is 6. The van der Waals surface area contributed by atoms with Gasteiger partial charge in [0.25, 0.3) is 0 Å². The maximum absolute atomic E-state index is 11.2. The van der Waals surface area contributed by atoms with Crippen LogP contribution in [0, 0.1) is 0 Å². The normalized spacial score (nSPS) is 10.0. The van der Waals surface area contributed by atoms with E-state index in [2.05, 4.69) is 14.7 Å². The van der Waals surface area contributed by atoms with Crippen LogP contribution in [0.5, 0.6) is 0 Å². The highest BCUT2D eigenvalue weighted by Crippen LogP contribution is 1.99. The Kier molecular flexibility index (Phi) is 3.90. The third kappa shape index (κ3) is 3.45. The summed E-state index contributed by atoms with van der Waals surface area (Å²) in [6.07, 6.45) is 0.774. The minimum atomic E-state index is -0.654. The van der Waals surface area contributed by atoms with Crippen LogP contribution in [0.15, 0.2) is 9.32 Å². The van der Waals surface area contributed by atoms with Gasteiger partial charge in [-0.05, 0) is 11.6 Å². The molecule has 1 N–H and O–H groups in total. The van der Waals surface area contributed by atoms with Crippen molar-refractivity contribution in [1.82, 2.24) is 10.1 Å². The molecule has 15 heavy (non-hydrogen) atoms. The van der Waals surface area contributed by atoms with Gasteiger partial charge in [0.2, 0.25) is 5.95 Å². The summed E-state index contributed by atoms with van der Waals surface area (Å²) in [4.78, 5) is 25.6. The van der Waals surface area contributed by atoms with Gasteiger partial charge in [-0.1, -0.05) is 6.92 Å². The van der Waals surface area contributed by atoms with E-state index in [9.17, 15) is 9.59 Å². The van der Waals surface area contributed by atoms with Crippen molar-refractivity contribution < 1.29 is 14.1 Å². The van der Waals surface area contributed by atoms with Gasteiger partial charge in [-0.15, -0.1) is 0 Å². The molecule has 0 aliphatic carbocycles. The fraction of sp³-hybridized carbons (Fsp3) is 0.625. The summed E-state index contributed by atoms with van der Waals surface area (Å²) in [5, 5.41) is 3.42. The van der Waals surface area contributed by atoms with Crippen molar-refractivity contribution in [2.45, 2.75) is 13.3 Å². The highest BCUT2D eigenvalue weighted by Gasteiger charge is 2.11. The van der Waals surface area contributed by atoms with E-state index in [1.165, 1.54) is 4.90 Å². The number of ether oxygens (including phenoxy) is 1. The van der Waals surface area contributed by atoms with Crippen LogP contribution in [-0.4, -0.2) is 36.3 Å². The second-order valence-corrected chi connectivity index (χ2v) is 3.00. The number of nitrogens with one attached hydrogen (secondary N) is 1. The maximum atomic E-state index is 11.2. The monoisotopic (exact) mass is 215 g/mol. The Bertz CT molecular complexity index is 370. The molecule has 1 aromatic rings. The van der Waals surface area contributed by atoms with Gasteiger partial charge in [0.15, 0.2) is 0 Å². The highest BCUT2D eigenvalue weighted by molar-refractivity contribution is 5.74. The molecule has 7 heteroatoms. The summed E-state index contributed by atoms with van der Waals surface area (Å²) in [5.74, 6) is -0.824. The molecule has 0 spiro atoms. The second kappa shape index (κ2) is 5.18. The summed E-state index contributed by atoms with van der Waals surface area (Å²) >= 11 is 0. The number of rotatable bonds is 5. The SMILES string of the molecule is CCCOC(=O)CN(C)c1noc(=O)[nH]1. The molecule has 0 fully saturated rings. The van der Waals surface area contributed by atoms with E-state index in [1.807, 2.05) is 6.92 Å². The minimum absolute atomic E-state index is 0.0163. The zero-order valence-electron chi connectivity index (χ0n) is 8.65. The topological polar surface area (TPSA) is 88.4 Å². The van der Waals surface area contributed by atoms with E-state index in [0.29, 0.717) is 6.61 Å². The second-order valence-electron chi connectivity index (χ2n) is 3.00. The summed E-state index contributed by atoms with van der Waals surface area (Å²) in [5.41, 5.74) is 0. The lowest BCUT2D eigenvalue weighted by molar-refractivity contribution is -0.141. The first-order valence-corrected chi connectivity index (χ1v) is 4.56. The Morgan fingerprint density at radius 2 is 2.40 bits per heavy atom. The van der Waals surface area contributed by atoms with E-state index in [1.54, 1.807) is 7.05 Å². The van der Waals surface area contributed by atoms with E-state index in [0.717, 1.165) is 6.42 Å². The standard InChI is InChI=1S/C8H13N3O4/c1-3-4-14-6(12)5-11(2)7-9-8(13)15-10-7/h3-5H2,1-2H3,(H,9,10,13). The van der Waals surface area contributed by atoms with Crippen LogP contribution in [0.4, 0.5) is 5.95 Å². The van der Waals surface area contributed by atoms with Crippen molar-refractivity contribution in [3.8, 4) is 0 Å². The van der Waals surface area contributed by atoms with Crippen LogP contribution >= 0.6 is 0 Å². The molecule has 0 bridgehead atoms. The summed E-state index contributed by atoms with van der Waals surface area (Å²) < 4.78 is 9.15. The lowest BCUT2D eigenvalue weighted by Gasteiger charge is -2.12. The van der Waals surface area contributed by atoms with Crippen molar-refractivity contribution >= 4 is 11.9 Å². The minimum Gasteiger partial charge on any atom is -0.464 e. The van der Waals surface area contributed by atoms with Crippen LogP contribution < -0.4 is 10.7 Å². The van der Waals surface area contributed by atoms with Crippen LogP contribution in [-0.2, 0) is 9.53 Å². The fourth-order valence-electron chi connectivity index (χ4n) is 0.917. The smallest absolute Gasteiger partial charge is 0.440 e. The number of anilines is 1. The Labute approximate surface area is 86.0 Å². The molecule has 84 valence electrons. The van der Waals surface area contributed by atoms with E-state index < -0.39 is 5.76 Å². The molecule has 0 aliphatic rings. The first-order valence-electron chi connectivity index (χ1n) is 4.56. The molecule has 7 nitrogen and oxygen atoms in total. The first kappa shape index (κ1) is 11.3. The van der Waals surface area contributed by atoms with Gasteiger partial charge in [0, 0.05) is 7.05 Å². The molecule has 0 atom stereocenters. The van der Waals surface area contributed by atoms with Gasteiger partial charge < -0.3 is 9.64 Å². The predicted molar refractivity (Wildman–Crippen MR) is 51.6 cm³/mol. The largest absolute Gasteiger partial charge is 0.464 e. The zero-order chi connectivity index (χ0) is 11.3. The Morgan fingerprint density at radius 1 is 1.67 bits per heavy atom. The average molecular weight is 215 g/mol. The van der Waals surface area contributed by atoms with Gasteiger partial charge in [-0.3, -0.25) is 14.3 Å². The molecule has 1 heterocycles. The third-order valence-corrected chi connectivity index (χ3v) is 1.62.